The van der Waals surface area contributed by atoms with Gasteiger partial charge in [-0.3, -0.25) is 14.5 Å². The molecule has 2 aliphatic heterocycles. The van der Waals surface area contributed by atoms with Gasteiger partial charge in [0.1, 0.15) is 0 Å². The predicted octanol–water partition coefficient (Wildman–Crippen LogP) is 3.40. The van der Waals surface area contributed by atoms with Crippen molar-refractivity contribution >= 4 is 29.6 Å². The van der Waals surface area contributed by atoms with E-state index in [4.69, 9.17) is 19.8 Å². The van der Waals surface area contributed by atoms with Crippen molar-refractivity contribution in [1.82, 2.24) is 4.90 Å². The molecule has 10 nitrogen and oxygen atoms in total. The first kappa shape index (κ1) is 32.7. The molecule has 3 fully saturated rings. The fourth-order valence-electron chi connectivity index (χ4n) is 5.14. The number of hydrogen-bond acceptors (Lipinski definition) is 6. The second kappa shape index (κ2) is 11.5. The first-order chi connectivity index (χ1) is 18.2. The zero-order chi connectivity index (χ0) is 30.8. The summed E-state index contributed by atoms with van der Waals surface area (Å²) in [4.78, 5) is 45.7. The molecule has 1 aromatic carbocycles. The Balaban J connectivity index is 0.000000333. The molecular formula is C24H28F6N2O8. The highest BCUT2D eigenvalue weighted by atomic mass is 19.4. The Labute approximate surface area is 223 Å². The minimum Gasteiger partial charge on any atom is -0.481 e. The maximum atomic E-state index is 11.7. The van der Waals surface area contributed by atoms with Crippen LogP contribution in [0.1, 0.15) is 30.4 Å². The zero-order valence-electron chi connectivity index (χ0n) is 21.3. The molecule has 4 N–H and O–H groups in total. The summed E-state index contributed by atoms with van der Waals surface area (Å²) in [5.41, 5.74) is 1.74. The number of carboxylic acid groups (broad SMARTS) is 4. The Bertz CT molecular complexity index is 1100. The molecule has 0 amide bonds. The highest BCUT2D eigenvalue weighted by molar-refractivity contribution is 5.94. The molecular weight excluding hydrogens is 558 g/mol. The van der Waals surface area contributed by atoms with Crippen molar-refractivity contribution in [3.63, 3.8) is 0 Å². The van der Waals surface area contributed by atoms with Crippen molar-refractivity contribution in [3.8, 4) is 0 Å². The largest absolute Gasteiger partial charge is 0.490 e. The topological polar surface area (TPSA) is 156 Å². The number of benzene rings is 1. The van der Waals surface area contributed by atoms with E-state index in [0.29, 0.717) is 13.1 Å². The Morgan fingerprint density at radius 1 is 0.800 bits per heavy atom. The molecule has 2 saturated heterocycles. The maximum absolute atomic E-state index is 11.7. The van der Waals surface area contributed by atoms with E-state index in [-0.39, 0.29) is 12.5 Å². The molecule has 0 spiro atoms. The molecule has 0 aromatic heterocycles. The van der Waals surface area contributed by atoms with Crippen LogP contribution < -0.4 is 4.90 Å². The highest BCUT2D eigenvalue weighted by Crippen LogP contribution is 2.69. The van der Waals surface area contributed by atoms with Gasteiger partial charge in [-0.2, -0.15) is 26.3 Å². The van der Waals surface area contributed by atoms with Gasteiger partial charge in [0.05, 0.1) is 10.8 Å². The van der Waals surface area contributed by atoms with E-state index in [2.05, 4.69) is 41.8 Å². The number of nitrogens with zero attached hydrogens (tertiary/aromatic N) is 2. The molecule has 16 heteroatoms. The van der Waals surface area contributed by atoms with Gasteiger partial charge in [-0.15, -0.1) is 0 Å². The van der Waals surface area contributed by atoms with Gasteiger partial charge in [0.2, 0.25) is 0 Å². The van der Waals surface area contributed by atoms with Gasteiger partial charge in [-0.05, 0) is 50.3 Å². The number of piperidine rings is 2. The maximum Gasteiger partial charge on any atom is 0.490 e. The van der Waals surface area contributed by atoms with Gasteiger partial charge in [0.15, 0.2) is 0 Å². The standard InChI is InChI=1S/C20H26N2O4.2C2HF3O2/c1-13-4-3-5-16(14(13)2)21-8-6-15(7-9-21)22-11-19(17(23)24)10-20(19,12-22)18(25)26;2*3-2(4,5)1(6)7/h3-5,15H,6-12H2,1-2H3,(H,23,24)(H,25,26);2*(H,6,7)/t19-,20+;;. The first-order valence-corrected chi connectivity index (χ1v) is 11.8. The van der Waals surface area contributed by atoms with Crippen molar-refractivity contribution in [2.45, 2.75) is 51.5 Å². The van der Waals surface area contributed by atoms with E-state index in [1.165, 1.54) is 16.8 Å². The fourth-order valence-corrected chi connectivity index (χ4v) is 5.14. The van der Waals surface area contributed by atoms with E-state index < -0.39 is 47.1 Å². The van der Waals surface area contributed by atoms with Gasteiger partial charge in [-0.25, -0.2) is 9.59 Å². The number of likely N-dealkylation sites (tertiary alicyclic amines) is 1. The summed E-state index contributed by atoms with van der Waals surface area (Å²) in [7, 11) is 0. The van der Waals surface area contributed by atoms with Crippen molar-refractivity contribution in [2.75, 3.05) is 31.1 Å². The molecule has 0 unspecified atom stereocenters. The average Bonchev–Trinajstić information content (AvgIpc) is 3.38. The lowest BCUT2D eigenvalue weighted by molar-refractivity contribution is -0.193. The van der Waals surface area contributed by atoms with Crippen LogP contribution in [-0.4, -0.2) is 93.8 Å². The fraction of sp³-hybridized carbons (Fsp3) is 0.583. The van der Waals surface area contributed by atoms with Crippen molar-refractivity contribution in [3.05, 3.63) is 29.3 Å². The molecule has 0 radical (unpaired) electrons. The second-order valence-corrected chi connectivity index (χ2v) is 9.90. The molecule has 224 valence electrons. The summed E-state index contributed by atoms with van der Waals surface area (Å²) in [6.45, 7) is 6.87. The molecule has 2 heterocycles. The Morgan fingerprint density at radius 2 is 1.20 bits per heavy atom. The predicted molar refractivity (Wildman–Crippen MR) is 125 cm³/mol. The zero-order valence-corrected chi connectivity index (χ0v) is 21.3. The normalized spacial score (nSPS) is 24.6. The Kier molecular flexibility index (Phi) is 9.39. The Hall–Kier alpha value is -3.56. The number of halogens is 6. The van der Waals surface area contributed by atoms with Crippen LogP contribution >= 0.6 is 0 Å². The van der Waals surface area contributed by atoms with Crippen molar-refractivity contribution in [2.24, 2.45) is 10.8 Å². The molecule has 4 rings (SSSR count). The third kappa shape index (κ3) is 6.77. The highest BCUT2D eigenvalue weighted by Gasteiger charge is 2.81. The quantitative estimate of drug-likeness (QED) is 0.386. The molecule has 3 aliphatic rings. The lowest BCUT2D eigenvalue weighted by Crippen LogP contribution is -2.46. The molecule has 1 aliphatic carbocycles. The third-order valence-electron chi connectivity index (χ3n) is 7.54. The van der Waals surface area contributed by atoms with E-state index in [9.17, 15) is 46.1 Å². The van der Waals surface area contributed by atoms with Gasteiger partial charge in [0.25, 0.3) is 0 Å². The van der Waals surface area contributed by atoms with Gasteiger partial charge >= 0.3 is 36.2 Å². The number of aliphatic carboxylic acids is 4. The Morgan fingerprint density at radius 3 is 1.55 bits per heavy atom. The molecule has 40 heavy (non-hydrogen) atoms. The number of aryl methyl sites for hydroxylation is 1. The minimum atomic E-state index is -5.08. The van der Waals surface area contributed by atoms with Gasteiger partial charge < -0.3 is 25.3 Å². The summed E-state index contributed by atoms with van der Waals surface area (Å²) < 4.78 is 63.5. The number of carbonyl (C=O) groups is 4. The summed E-state index contributed by atoms with van der Waals surface area (Å²) >= 11 is 0. The number of alkyl halides is 6. The van der Waals surface area contributed by atoms with Crippen LogP contribution in [0.4, 0.5) is 32.0 Å². The minimum absolute atomic E-state index is 0.275. The first-order valence-electron chi connectivity index (χ1n) is 11.8. The average molecular weight is 586 g/mol. The number of rotatable bonds is 4. The van der Waals surface area contributed by atoms with Crippen LogP contribution in [0.2, 0.25) is 0 Å². The van der Waals surface area contributed by atoms with Crippen LogP contribution in [0.15, 0.2) is 18.2 Å². The summed E-state index contributed by atoms with van der Waals surface area (Å²) in [6.07, 6.45) is -8.00. The molecule has 0 bridgehead atoms. The van der Waals surface area contributed by atoms with E-state index in [0.717, 1.165) is 25.9 Å². The number of carboxylic acids is 4. The van der Waals surface area contributed by atoms with E-state index in [1.54, 1.807) is 0 Å². The van der Waals surface area contributed by atoms with Crippen molar-refractivity contribution in [1.29, 1.82) is 0 Å². The third-order valence-corrected chi connectivity index (χ3v) is 7.54. The summed E-state index contributed by atoms with van der Waals surface area (Å²) in [5.74, 6) is -7.41. The van der Waals surface area contributed by atoms with Crippen molar-refractivity contribution < 1.29 is 65.9 Å². The van der Waals surface area contributed by atoms with E-state index in [1.807, 2.05) is 0 Å². The lowest BCUT2D eigenvalue weighted by atomic mass is 9.97. The smallest absolute Gasteiger partial charge is 0.481 e. The van der Waals surface area contributed by atoms with Crippen LogP contribution in [0.3, 0.4) is 0 Å². The number of fused-ring (bicyclic) bond motifs is 1. The molecule has 2 atom stereocenters. The SMILES string of the molecule is Cc1cccc(N2CCC(N3C[C@@]4(C(=O)O)C[C@@]4(C(=O)O)C3)CC2)c1C.O=C(O)C(F)(F)F.O=C(O)C(F)(F)F. The van der Waals surface area contributed by atoms with Crippen LogP contribution in [-0.2, 0) is 19.2 Å². The van der Waals surface area contributed by atoms with Gasteiger partial charge in [0, 0.05) is 37.9 Å². The monoisotopic (exact) mass is 586 g/mol. The second-order valence-electron chi connectivity index (χ2n) is 9.90. The summed E-state index contributed by atoms with van der Waals surface area (Å²) in [6, 6.07) is 6.65. The van der Waals surface area contributed by atoms with Crippen LogP contribution in [0.25, 0.3) is 0 Å². The van der Waals surface area contributed by atoms with E-state index >= 15 is 0 Å². The number of anilines is 1. The lowest BCUT2D eigenvalue weighted by Gasteiger charge is -2.39. The molecule has 1 aromatic rings. The molecule has 1 saturated carbocycles. The number of hydrogen-bond donors (Lipinski definition) is 4. The van der Waals surface area contributed by atoms with Crippen LogP contribution in [0, 0.1) is 24.7 Å². The van der Waals surface area contributed by atoms with Gasteiger partial charge in [-0.1, -0.05) is 12.1 Å². The summed E-state index contributed by atoms with van der Waals surface area (Å²) in [5, 5.41) is 33.4. The van der Waals surface area contributed by atoms with Crippen LogP contribution in [0.5, 0.6) is 0 Å².